The highest BCUT2D eigenvalue weighted by Crippen LogP contribution is 2.35. The third-order valence-electron chi connectivity index (χ3n) is 3.71. The van der Waals surface area contributed by atoms with E-state index < -0.39 is 9.84 Å². The first-order chi connectivity index (χ1) is 11.1. The summed E-state index contributed by atoms with van der Waals surface area (Å²) in [6.07, 6.45) is 0.812. The average Bonchev–Trinajstić information content (AvgIpc) is 2.60. The first kappa shape index (κ1) is 15.8. The van der Waals surface area contributed by atoms with Crippen molar-refractivity contribution in [2.45, 2.75) is 22.3 Å². The van der Waals surface area contributed by atoms with Gasteiger partial charge < -0.3 is 14.8 Å². The minimum absolute atomic E-state index is 0.0217. The molecule has 0 fully saturated rings. The Balaban J connectivity index is 1.85. The van der Waals surface area contributed by atoms with Crippen molar-refractivity contribution in [1.29, 1.82) is 0 Å². The minimum Gasteiger partial charge on any atom is -0.486 e. The van der Waals surface area contributed by atoms with Gasteiger partial charge in [0.2, 0.25) is 9.84 Å². The summed E-state index contributed by atoms with van der Waals surface area (Å²) in [5, 5.41) is 3.07. The number of nitrogens with one attached hydrogen (secondary N) is 1. The molecule has 23 heavy (non-hydrogen) atoms. The number of benzene rings is 2. The molecule has 0 spiro atoms. The number of sulfone groups is 1. The van der Waals surface area contributed by atoms with Gasteiger partial charge in [-0.25, -0.2) is 8.42 Å². The van der Waals surface area contributed by atoms with Gasteiger partial charge in [-0.05, 0) is 37.9 Å². The van der Waals surface area contributed by atoms with E-state index in [1.54, 1.807) is 42.5 Å². The molecular formula is C17H19NO4S. The third-order valence-corrected chi connectivity index (χ3v) is 5.48. The van der Waals surface area contributed by atoms with E-state index in [9.17, 15) is 8.42 Å². The molecule has 5 nitrogen and oxygen atoms in total. The van der Waals surface area contributed by atoms with Crippen LogP contribution in [0.15, 0.2) is 58.3 Å². The van der Waals surface area contributed by atoms with Gasteiger partial charge in [0, 0.05) is 12.5 Å². The molecule has 0 saturated heterocycles. The van der Waals surface area contributed by atoms with Gasteiger partial charge in [0.1, 0.15) is 12.7 Å². The zero-order valence-corrected chi connectivity index (χ0v) is 13.7. The van der Waals surface area contributed by atoms with E-state index in [-0.39, 0.29) is 15.9 Å². The number of rotatable bonds is 5. The molecule has 3 rings (SSSR count). The van der Waals surface area contributed by atoms with Crippen molar-refractivity contribution in [3.05, 3.63) is 48.5 Å². The Labute approximate surface area is 136 Å². The predicted octanol–water partition coefficient (Wildman–Crippen LogP) is 2.27. The normalized spacial score (nSPS) is 17.0. The molecule has 2 aromatic carbocycles. The van der Waals surface area contributed by atoms with Crippen LogP contribution in [0.5, 0.6) is 11.5 Å². The highest BCUT2D eigenvalue weighted by atomic mass is 32.2. The lowest BCUT2D eigenvalue weighted by molar-refractivity contribution is 0.0850. The molecule has 2 aromatic rings. The average molecular weight is 333 g/mol. The molecule has 1 unspecified atom stereocenters. The Bertz CT molecular complexity index is 774. The lowest BCUT2D eigenvalue weighted by atomic mass is 10.2. The number of hydrogen-bond acceptors (Lipinski definition) is 5. The first-order valence-corrected chi connectivity index (χ1v) is 8.98. The summed E-state index contributed by atoms with van der Waals surface area (Å²) >= 11 is 0. The SMILES string of the molecule is CNCCC1COc2cc(S(=O)(=O)c3ccccc3)ccc2O1. The topological polar surface area (TPSA) is 64.6 Å². The van der Waals surface area contributed by atoms with E-state index in [1.165, 1.54) is 6.07 Å². The van der Waals surface area contributed by atoms with Crippen molar-refractivity contribution in [2.75, 3.05) is 20.2 Å². The van der Waals surface area contributed by atoms with Crippen LogP contribution in [-0.4, -0.2) is 34.7 Å². The van der Waals surface area contributed by atoms with Crippen LogP contribution in [0.4, 0.5) is 0 Å². The van der Waals surface area contributed by atoms with Gasteiger partial charge in [-0.15, -0.1) is 0 Å². The zero-order chi connectivity index (χ0) is 16.3. The molecule has 122 valence electrons. The Kier molecular flexibility index (Phi) is 4.54. The van der Waals surface area contributed by atoms with E-state index in [1.807, 2.05) is 7.05 Å². The summed E-state index contributed by atoms with van der Waals surface area (Å²) in [7, 11) is -1.66. The summed E-state index contributed by atoms with van der Waals surface area (Å²) in [5.41, 5.74) is 0. The molecule has 6 heteroatoms. The summed E-state index contributed by atoms with van der Waals surface area (Å²) in [5.74, 6) is 1.06. The van der Waals surface area contributed by atoms with Crippen LogP contribution in [0.3, 0.4) is 0 Å². The van der Waals surface area contributed by atoms with Crippen molar-refractivity contribution in [2.24, 2.45) is 0 Å². The maximum Gasteiger partial charge on any atom is 0.206 e. The Morgan fingerprint density at radius 1 is 1.09 bits per heavy atom. The van der Waals surface area contributed by atoms with Crippen molar-refractivity contribution in [3.8, 4) is 11.5 Å². The maximum absolute atomic E-state index is 12.6. The monoisotopic (exact) mass is 333 g/mol. The summed E-state index contributed by atoms with van der Waals surface area (Å²) in [4.78, 5) is 0.475. The second-order valence-corrected chi connectivity index (χ2v) is 7.32. The van der Waals surface area contributed by atoms with Gasteiger partial charge >= 0.3 is 0 Å². The fourth-order valence-corrected chi connectivity index (χ4v) is 3.74. The van der Waals surface area contributed by atoms with Crippen LogP contribution in [0, 0.1) is 0 Å². The predicted molar refractivity (Wildman–Crippen MR) is 86.8 cm³/mol. The van der Waals surface area contributed by atoms with Gasteiger partial charge in [-0.1, -0.05) is 18.2 Å². The van der Waals surface area contributed by atoms with Gasteiger partial charge in [-0.3, -0.25) is 0 Å². The molecule has 0 radical (unpaired) electrons. The van der Waals surface area contributed by atoms with Crippen LogP contribution < -0.4 is 14.8 Å². The lowest BCUT2D eigenvalue weighted by Gasteiger charge is -2.26. The highest BCUT2D eigenvalue weighted by Gasteiger charge is 2.24. The van der Waals surface area contributed by atoms with E-state index in [2.05, 4.69) is 5.32 Å². The van der Waals surface area contributed by atoms with E-state index in [0.717, 1.165) is 13.0 Å². The van der Waals surface area contributed by atoms with Gasteiger partial charge in [0.25, 0.3) is 0 Å². The van der Waals surface area contributed by atoms with Crippen molar-refractivity contribution in [3.63, 3.8) is 0 Å². The molecule has 0 aliphatic carbocycles. The smallest absolute Gasteiger partial charge is 0.206 e. The largest absolute Gasteiger partial charge is 0.486 e. The maximum atomic E-state index is 12.6. The fraction of sp³-hybridized carbons (Fsp3) is 0.294. The van der Waals surface area contributed by atoms with Crippen LogP contribution in [0.2, 0.25) is 0 Å². The summed E-state index contributed by atoms with van der Waals surface area (Å²) in [6, 6.07) is 13.1. The van der Waals surface area contributed by atoms with Gasteiger partial charge in [-0.2, -0.15) is 0 Å². The Hall–Kier alpha value is -2.05. The van der Waals surface area contributed by atoms with Gasteiger partial charge in [0.15, 0.2) is 11.5 Å². The standard InChI is InChI=1S/C17H19NO4S/c1-18-10-9-13-12-21-17-11-15(7-8-16(17)22-13)23(19,20)14-5-3-2-4-6-14/h2-8,11,13,18H,9-10,12H2,1H3. The molecule has 1 N–H and O–H groups in total. The molecule has 0 aromatic heterocycles. The molecule has 1 aliphatic heterocycles. The molecule has 1 atom stereocenters. The first-order valence-electron chi connectivity index (χ1n) is 7.49. The molecule has 0 saturated carbocycles. The summed E-state index contributed by atoms with van der Waals surface area (Å²) < 4.78 is 36.8. The van der Waals surface area contributed by atoms with Crippen molar-refractivity contribution in [1.82, 2.24) is 5.32 Å². The van der Waals surface area contributed by atoms with Crippen molar-refractivity contribution < 1.29 is 17.9 Å². The zero-order valence-electron chi connectivity index (χ0n) is 12.9. The molecule has 1 aliphatic rings. The van der Waals surface area contributed by atoms with E-state index in [0.29, 0.717) is 18.1 Å². The second kappa shape index (κ2) is 6.60. The van der Waals surface area contributed by atoms with E-state index >= 15 is 0 Å². The number of hydrogen-bond donors (Lipinski definition) is 1. The number of fused-ring (bicyclic) bond motifs is 1. The summed E-state index contributed by atoms with van der Waals surface area (Å²) in [6.45, 7) is 1.26. The minimum atomic E-state index is -3.55. The highest BCUT2D eigenvalue weighted by molar-refractivity contribution is 7.91. The van der Waals surface area contributed by atoms with Crippen LogP contribution in [-0.2, 0) is 9.84 Å². The third kappa shape index (κ3) is 3.33. The van der Waals surface area contributed by atoms with Crippen LogP contribution in [0.25, 0.3) is 0 Å². The lowest BCUT2D eigenvalue weighted by Crippen LogP contribution is -2.31. The Morgan fingerprint density at radius 2 is 1.87 bits per heavy atom. The molecule has 1 heterocycles. The fourth-order valence-electron chi connectivity index (χ4n) is 2.45. The van der Waals surface area contributed by atoms with E-state index in [4.69, 9.17) is 9.47 Å². The van der Waals surface area contributed by atoms with Crippen LogP contribution in [0.1, 0.15) is 6.42 Å². The molecular weight excluding hydrogens is 314 g/mol. The molecule has 0 bridgehead atoms. The van der Waals surface area contributed by atoms with Crippen molar-refractivity contribution >= 4 is 9.84 Å². The quantitative estimate of drug-likeness (QED) is 0.909. The Morgan fingerprint density at radius 3 is 2.61 bits per heavy atom. The second-order valence-electron chi connectivity index (χ2n) is 5.37. The molecule has 0 amide bonds. The van der Waals surface area contributed by atoms with Gasteiger partial charge in [0.05, 0.1) is 9.79 Å². The number of ether oxygens (including phenoxy) is 2. The van der Waals surface area contributed by atoms with Crippen LogP contribution >= 0.6 is 0 Å².